The molecule has 5 rings (SSSR count). The third kappa shape index (κ3) is 27.5. The van der Waals surface area contributed by atoms with E-state index in [9.17, 15) is 75.0 Å². The number of carbonyl (C=O) groups is 5. The Labute approximate surface area is 547 Å². The van der Waals surface area contributed by atoms with Crippen LogP contribution in [0.3, 0.4) is 0 Å². The summed E-state index contributed by atoms with van der Waals surface area (Å²) in [5.74, 6) is -1.24. The van der Waals surface area contributed by atoms with Crippen LogP contribution in [-0.2, 0) is 76.0 Å². The van der Waals surface area contributed by atoms with E-state index in [1.54, 1.807) is 27.0 Å². The van der Waals surface area contributed by atoms with Crippen molar-refractivity contribution >= 4 is 51.4 Å². The summed E-state index contributed by atoms with van der Waals surface area (Å²) >= 11 is 0. The number of carbonyl (C=O) groups excluding carboxylic acids is 4. The molecule has 0 spiro atoms. The normalized spacial score (nSPS) is 31.5. The summed E-state index contributed by atoms with van der Waals surface area (Å²) in [5, 5.41) is 126. The van der Waals surface area contributed by atoms with Gasteiger partial charge in [0.1, 0.15) is 108 Å². The zero-order valence-electron chi connectivity index (χ0n) is 52.7. The van der Waals surface area contributed by atoms with E-state index in [0.29, 0.717) is 70.0 Å². The van der Waals surface area contributed by atoms with Gasteiger partial charge in [-0.1, -0.05) is 36.1 Å². The monoisotopic (exact) mass is 1380 g/mol. The van der Waals surface area contributed by atoms with Gasteiger partial charge in [0.2, 0.25) is 17.7 Å². The summed E-state index contributed by atoms with van der Waals surface area (Å²) in [6.45, 7) is 2.93. The van der Waals surface area contributed by atoms with Crippen molar-refractivity contribution in [2.24, 2.45) is 0 Å². The Morgan fingerprint density at radius 2 is 0.968 bits per heavy atom. The number of ether oxygens (including phenoxy) is 12. The maximum Gasteiger partial charge on any atom is 0.426 e. The summed E-state index contributed by atoms with van der Waals surface area (Å²) < 4.78 is 69.6. The predicted molar refractivity (Wildman–Crippen MR) is 324 cm³/mol. The van der Waals surface area contributed by atoms with Gasteiger partial charge in [-0.25, -0.2) is 15.2 Å². The van der Waals surface area contributed by atoms with E-state index in [0.717, 1.165) is 5.03 Å². The van der Waals surface area contributed by atoms with E-state index in [4.69, 9.17) is 61.9 Å². The van der Waals surface area contributed by atoms with Crippen LogP contribution in [0, 0.1) is 0 Å². The lowest BCUT2D eigenvalue weighted by molar-refractivity contribution is -0.351. The van der Waals surface area contributed by atoms with E-state index < -0.39 is 173 Å². The molecule has 4 amide bonds. The molecule has 4 aliphatic rings. The number of aliphatic carboxylic acids is 1. The molecule has 33 nitrogen and oxygen atoms in total. The lowest BCUT2D eigenvalue weighted by Crippen LogP contribution is -2.64. The maximum absolute atomic E-state index is 12.5. The number of rotatable bonds is 40. The Morgan fingerprint density at radius 3 is 1.44 bits per heavy atom. The van der Waals surface area contributed by atoms with Gasteiger partial charge < -0.3 is 124 Å². The quantitative estimate of drug-likeness (QED) is 0.0188. The summed E-state index contributed by atoms with van der Waals surface area (Å²) in [6, 6.07) is 5.60. The zero-order chi connectivity index (χ0) is 68.0. The van der Waals surface area contributed by atoms with Gasteiger partial charge in [-0.3, -0.25) is 24.6 Å². The Kier molecular flexibility index (Phi) is 36.1. The number of hydrogen-bond acceptors (Lipinski definition) is 30. The molecule has 0 bridgehead atoms. The molecule has 0 aromatic carbocycles. The van der Waals surface area contributed by atoms with Gasteiger partial charge in [0.15, 0.2) is 25.2 Å². The minimum absolute atomic E-state index is 0.00403. The van der Waals surface area contributed by atoms with Gasteiger partial charge in [-0.2, -0.15) is 0 Å². The summed E-state index contributed by atoms with van der Waals surface area (Å²) in [4.78, 5) is 64.3. The molecule has 1 aromatic heterocycles. The van der Waals surface area contributed by atoms with Crippen molar-refractivity contribution in [1.29, 1.82) is 0 Å². The summed E-state index contributed by atoms with van der Waals surface area (Å²) in [5.41, 5.74) is 3.64. The van der Waals surface area contributed by atoms with Crippen LogP contribution in [0.15, 0.2) is 29.4 Å². The van der Waals surface area contributed by atoms with Crippen molar-refractivity contribution in [3.63, 3.8) is 0 Å². The standard InChI is InChI=1S/C58H97N5O28S2/c1-58(2,3)91-57(79)63-62-38(67)17-9-6-14-25-82-51-34(30-85-54-47(76)43(72)50(32(28-64)87-54)81-24-13-5-8-16-36(65)59-22-23-60-37(66)20-27-92-93-39-18-11-12-21-61-39)90-56(49(78)45(51)74)86-31-35-52(83-26-15-7-10-19-40(68)69)44(73)48(77)55(89-35)84-29-33-41(70)42(71)46(75)53(80-4)88-33/h11-12,18,21,32-35,41-56,64,70-78H,5-10,13-17,19-20,22-31H2,1-4H3,(H,59,65)(H,60,66)(H,62,67)(H,63,79)(H,68,69)/t32-,33-,34-,35-,41-,42+,43-,44-,45-,46-,47-,48-,49-,50-,51-,52-,53+,54+,55+,56+/m1/s1. The number of nitrogens with zero attached hydrogens (tertiary/aromatic N) is 1. The average molecular weight is 1380 g/mol. The molecule has 20 atom stereocenters. The van der Waals surface area contributed by atoms with E-state index in [1.165, 1.54) is 28.7 Å². The highest BCUT2D eigenvalue weighted by Gasteiger charge is 2.52. The fraction of sp³-hybridized carbons (Fsp3) is 0.828. The second kappa shape index (κ2) is 42.1. The maximum atomic E-state index is 12.5. The lowest BCUT2D eigenvalue weighted by Gasteiger charge is -2.46. The number of hydrogen-bond donors (Lipinski definition) is 15. The van der Waals surface area contributed by atoms with Gasteiger partial charge in [0.25, 0.3) is 0 Å². The highest BCUT2D eigenvalue weighted by Crippen LogP contribution is 2.33. The van der Waals surface area contributed by atoms with E-state index >= 15 is 0 Å². The van der Waals surface area contributed by atoms with Gasteiger partial charge >= 0.3 is 12.1 Å². The van der Waals surface area contributed by atoms with Crippen molar-refractivity contribution in [1.82, 2.24) is 26.5 Å². The minimum atomic E-state index is -1.88. The van der Waals surface area contributed by atoms with Crippen LogP contribution in [0.1, 0.15) is 104 Å². The molecule has 15 N–H and O–H groups in total. The van der Waals surface area contributed by atoms with Gasteiger partial charge in [-0.15, -0.1) is 0 Å². The highest BCUT2D eigenvalue weighted by atomic mass is 33.1. The topological polar surface area (TPSA) is 480 Å². The van der Waals surface area contributed by atoms with Crippen LogP contribution in [0.2, 0.25) is 0 Å². The number of carboxylic acid groups (broad SMARTS) is 1. The molecule has 0 radical (unpaired) electrons. The first kappa shape index (κ1) is 79.8. The van der Waals surface area contributed by atoms with Gasteiger partial charge in [-0.05, 0) is 82.2 Å². The number of methoxy groups -OCH3 is 1. The number of unbranched alkanes of at least 4 members (excludes halogenated alkanes) is 6. The molecule has 534 valence electrons. The Bertz CT molecular complexity index is 2330. The smallest absolute Gasteiger partial charge is 0.426 e. The Morgan fingerprint density at radius 1 is 0.516 bits per heavy atom. The fourth-order valence-electron chi connectivity index (χ4n) is 10.0. The van der Waals surface area contributed by atoms with Crippen LogP contribution in [0.4, 0.5) is 4.79 Å². The van der Waals surface area contributed by atoms with Crippen molar-refractivity contribution in [3.05, 3.63) is 24.4 Å². The number of amides is 4. The first-order valence-corrected chi connectivity index (χ1v) is 33.6. The molecule has 1 aromatic rings. The number of pyridine rings is 1. The molecule has 0 unspecified atom stereocenters. The van der Waals surface area contributed by atoms with E-state index in [2.05, 4.69) is 26.5 Å². The minimum Gasteiger partial charge on any atom is -0.481 e. The molecule has 4 aliphatic heterocycles. The summed E-state index contributed by atoms with van der Waals surface area (Å²) in [7, 11) is 4.20. The van der Waals surface area contributed by atoms with Crippen LogP contribution in [-0.4, -0.2) is 292 Å². The van der Waals surface area contributed by atoms with E-state index in [1.807, 2.05) is 18.2 Å². The number of aliphatic hydroxyl groups excluding tert-OH is 10. The van der Waals surface area contributed by atoms with Gasteiger partial charge in [0.05, 0.1) is 26.4 Å². The molecule has 0 aliphatic carbocycles. The second-order valence-electron chi connectivity index (χ2n) is 23.5. The van der Waals surface area contributed by atoms with Crippen LogP contribution in [0.25, 0.3) is 0 Å². The zero-order valence-corrected chi connectivity index (χ0v) is 54.4. The molecule has 0 saturated carbocycles. The number of carboxylic acids is 1. The highest BCUT2D eigenvalue weighted by molar-refractivity contribution is 8.76. The first-order chi connectivity index (χ1) is 44.4. The molecule has 35 heteroatoms. The Balaban J connectivity index is 1.17. The van der Waals surface area contributed by atoms with Crippen molar-refractivity contribution in [2.75, 3.05) is 72.2 Å². The molecule has 93 heavy (non-hydrogen) atoms. The lowest BCUT2D eigenvalue weighted by atomic mass is 9.97. The van der Waals surface area contributed by atoms with Crippen LogP contribution < -0.4 is 21.5 Å². The molecular weight excluding hydrogens is 1280 g/mol. The number of hydrazine groups is 1. The van der Waals surface area contributed by atoms with Crippen molar-refractivity contribution in [2.45, 2.75) is 238 Å². The second-order valence-corrected chi connectivity index (χ2v) is 26.0. The molecule has 4 fully saturated rings. The third-order valence-electron chi connectivity index (χ3n) is 15.0. The van der Waals surface area contributed by atoms with Crippen molar-refractivity contribution in [3.8, 4) is 0 Å². The molecule has 5 heterocycles. The number of aromatic nitrogens is 1. The van der Waals surface area contributed by atoms with Crippen LogP contribution in [0.5, 0.6) is 0 Å². The molecular formula is C58H97N5O28S2. The third-order valence-corrected chi connectivity index (χ3v) is 17.3. The average Bonchev–Trinajstić information content (AvgIpc) is 0.836. The van der Waals surface area contributed by atoms with Gasteiger partial charge in [0, 0.05) is 77.7 Å². The van der Waals surface area contributed by atoms with Crippen molar-refractivity contribution < 1.29 is 137 Å². The van der Waals surface area contributed by atoms with E-state index in [-0.39, 0.29) is 64.0 Å². The number of aliphatic hydroxyl groups is 10. The fourth-order valence-corrected chi connectivity index (χ4v) is 11.9. The molecule has 4 saturated heterocycles. The van der Waals surface area contributed by atoms with Crippen LogP contribution >= 0.6 is 21.6 Å². The largest absolute Gasteiger partial charge is 0.481 e. The predicted octanol–water partition coefficient (Wildman–Crippen LogP) is -2.24. The Hall–Kier alpha value is -3.84. The number of nitrogens with one attached hydrogen (secondary N) is 4. The SMILES string of the molecule is CO[C@H]1O[C@H](CO[C@H]2O[C@H](CO[C@H]3O[C@H](CO[C@H]4O[C@H](CO)[C@@H](OCCCCCC(=O)NCCNC(=O)CCSSc5ccccn5)[C@H](O)[C@H]4O)[C@@H](OCCCCCC(=O)NNC(=O)OC(C)(C)C)[C@H](O)[C@H]3O)[C@@H](OCCCCCC(=O)O)[C@H](O)[C@H]2O)[C@@H](O)[C@H](O)[C@H]1O. The first-order valence-electron chi connectivity index (χ1n) is 31.2. The summed E-state index contributed by atoms with van der Waals surface area (Å²) in [6.07, 6.45) is -26.8.